The van der Waals surface area contributed by atoms with E-state index in [1.807, 2.05) is 0 Å². The molecule has 0 saturated heterocycles. The van der Waals surface area contributed by atoms with Crippen molar-refractivity contribution < 1.29 is 24.2 Å². The molecule has 1 unspecified atom stereocenters. The molecule has 1 N–H and O–H groups in total. The normalized spacial score (nSPS) is 16.1. The maximum Gasteiger partial charge on any atom is 0.342 e. The minimum atomic E-state index is -0.470. The average Bonchev–Trinajstić information content (AvgIpc) is 2.60. The first-order valence-corrected chi connectivity index (χ1v) is 9.67. The molecule has 0 radical (unpaired) electrons. The first-order valence-electron chi connectivity index (χ1n) is 9.67. The zero-order valence-electron chi connectivity index (χ0n) is 15.9. The average molecular weight is 362 g/mol. The van der Waals surface area contributed by atoms with Crippen molar-refractivity contribution in [3.8, 4) is 11.5 Å². The van der Waals surface area contributed by atoms with Crippen LogP contribution in [0.25, 0.3) is 0 Å². The number of ether oxygens (including phenoxy) is 2. The fourth-order valence-electron chi connectivity index (χ4n) is 3.40. The van der Waals surface area contributed by atoms with Gasteiger partial charge in [-0.2, -0.15) is 0 Å². The van der Waals surface area contributed by atoms with Crippen LogP contribution in [0.4, 0.5) is 0 Å². The molecule has 0 fully saturated rings. The number of hydrogen-bond acceptors (Lipinski definition) is 5. The highest BCUT2D eigenvalue weighted by molar-refractivity contribution is 5.95. The van der Waals surface area contributed by atoms with Gasteiger partial charge >= 0.3 is 5.97 Å². The third-order valence-corrected chi connectivity index (χ3v) is 4.87. The topological polar surface area (TPSA) is 72.8 Å². The zero-order chi connectivity index (χ0) is 18.9. The lowest BCUT2D eigenvalue weighted by Crippen LogP contribution is -2.27. The molecule has 2 rings (SSSR count). The van der Waals surface area contributed by atoms with Gasteiger partial charge in [0, 0.05) is 25.3 Å². The number of fused-ring (bicyclic) bond motifs is 1. The van der Waals surface area contributed by atoms with Gasteiger partial charge in [0.15, 0.2) is 0 Å². The molecule has 1 atom stereocenters. The molecular weight excluding hydrogens is 332 g/mol. The number of cyclic esters (lactones) is 1. The van der Waals surface area contributed by atoms with E-state index < -0.39 is 5.97 Å². The van der Waals surface area contributed by atoms with Gasteiger partial charge in [0.25, 0.3) is 0 Å². The molecule has 5 nitrogen and oxygen atoms in total. The van der Waals surface area contributed by atoms with Crippen molar-refractivity contribution in [1.29, 1.82) is 0 Å². The minimum Gasteiger partial charge on any atom is -0.507 e. The Kier molecular flexibility index (Phi) is 7.95. The van der Waals surface area contributed by atoms with Gasteiger partial charge in [-0.3, -0.25) is 4.79 Å². The summed E-state index contributed by atoms with van der Waals surface area (Å²) in [5, 5.41) is 9.99. The molecule has 0 bridgehead atoms. The van der Waals surface area contributed by atoms with Gasteiger partial charge in [-0.05, 0) is 37.3 Å². The highest BCUT2D eigenvalue weighted by atomic mass is 16.5. The molecule has 1 aliphatic rings. The molecular formula is C21H30O5. The molecule has 5 heteroatoms. The van der Waals surface area contributed by atoms with Crippen LogP contribution >= 0.6 is 0 Å². The van der Waals surface area contributed by atoms with Gasteiger partial charge in [-0.1, -0.05) is 26.2 Å². The van der Waals surface area contributed by atoms with Crippen molar-refractivity contribution in [1.82, 2.24) is 0 Å². The first-order chi connectivity index (χ1) is 12.5. The van der Waals surface area contributed by atoms with Crippen LogP contribution in [0.1, 0.15) is 80.6 Å². The van der Waals surface area contributed by atoms with E-state index in [0.29, 0.717) is 30.8 Å². The number of aromatic hydroxyl groups is 1. The Morgan fingerprint density at radius 3 is 2.62 bits per heavy atom. The van der Waals surface area contributed by atoms with E-state index in [-0.39, 0.29) is 17.4 Å². The third-order valence-electron chi connectivity index (χ3n) is 4.87. The number of carbonyl (C=O) groups excluding carboxylic acids is 2. The summed E-state index contributed by atoms with van der Waals surface area (Å²) in [5.41, 5.74) is 1.02. The second-order valence-corrected chi connectivity index (χ2v) is 7.01. The largest absolute Gasteiger partial charge is 0.507 e. The molecule has 1 aliphatic heterocycles. The Morgan fingerprint density at radius 2 is 1.92 bits per heavy atom. The van der Waals surface area contributed by atoms with Gasteiger partial charge in [0.05, 0.1) is 7.11 Å². The van der Waals surface area contributed by atoms with Crippen molar-refractivity contribution in [2.45, 2.75) is 77.2 Å². The van der Waals surface area contributed by atoms with Crippen molar-refractivity contribution in [3.63, 3.8) is 0 Å². The third kappa shape index (κ3) is 5.75. The van der Waals surface area contributed by atoms with Crippen molar-refractivity contribution in [2.24, 2.45) is 0 Å². The number of rotatable bonds is 11. The quantitative estimate of drug-likeness (QED) is 0.461. The van der Waals surface area contributed by atoms with Crippen molar-refractivity contribution in [2.75, 3.05) is 7.11 Å². The first kappa shape index (κ1) is 20.3. The van der Waals surface area contributed by atoms with E-state index in [1.165, 1.54) is 13.2 Å². The predicted octanol–water partition coefficient (Wildman–Crippen LogP) is 4.58. The zero-order valence-corrected chi connectivity index (χ0v) is 15.9. The number of phenols is 1. The van der Waals surface area contributed by atoms with Crippen LogP contribution in [-0.4, -0.2) is 30.1 Å². The molecule has 1 heterocycles. The fraction of sp³-hybridized carbons (Fsp3) is 0.619. The second-order valence-electron chi connectivity index (χ2n) is 7.01. The Balaban J connectivity index is 1.74. The Bertz CT molecular complexity index is 623. The second kappa shape index (κ2) is 10.2. The molecule has 144 valence electrons. The lowest BCUT2D eigenvalue weighted by Gasteiger charge is -2.25. The summed E-state index contributed by atoms with van der Waals surface area (Å²) in [5.74, 6) is 0.335. The van der Waals surface area contributed by atoms with Crippen molar-refractivity contribution in [3.05, 3.63) is 23.3 Å². The van der Waals surface area contributed by atoms with E-state index in [0.717, 1.165) is 50.5 Å². The Labute approximate surface area is 155 Å². The van der Waals surface area contributed by atoms with E-state index in [2.05, 4.69) is 6.92 Å². The smallest absolute Gasteiger partial charge is 0.342 e. The molecule has 26 heavy (non-hydrogen) atoms. The lowest BCUT2D eigenvalue weighted by atomic mass is 9.94. The highest BCUT2D eigenvalue weighted by Gasteiger charge is 2.29. The number of benzene rings is 1. The molecule has 0 spiro atoms. The summed E-state index contributed by atoms with van der Waals surface area (Å²) in [7, 11) is 1.53. The SMILES string of the molecule is CCCCCC(=O)CCCCCC1Cc2cc(OC)cc(O)c2C(=O)O1. The van der Waals surface area contributed by atoms with Gasteiger partial charge in [0.2, 0.25) is 0 Å². The molecule has 1 aromatic rings. The summed E-state index contributed by atoms with van der Waals surface area (Å²) in [6.07, 6.45) is 8.59. The fourth-order valence-corrected chi connectivity index (χ4v) is 3.40. The number of ketones is 1. The highest BCUT2D eigenvalue weighted by Crippen LogP contribution is 2.33. The molecule has 0 aromatic heterocycles. The van der Waals surface area contributed by atoms with Gasteiger partial charge in [0.1, 0.15) is 28.9 Å². The summed E-state index contributed by atoms with van der Waals surface area (Å²) in [6, 6.07) is 3.22. The lowest BCUT2D eigenvalue weighted by molar-refractivity contribution is -0.119. The number of carbonyl (C=O) groups is 2. The van der Waals surface area contributed by atoms with Crippen LogP contribution in [0.2, 0.25) is 0 Å². The molecule has 0 aliphatic carbocycles. The van der Waals surface area contributed by atoms with Crippen molar-refractivity contribution >= 4 is 11.8 Å². The summed E-state index contributed by atoms with van der Waals surface area (Å²) in [6.45, 7) is 2.14. The predicted molar refractivity (Wildman–Crippen MR) is 99.8 cm³/mol. The summed E-state index contributed by atoms with van der Waals surface area (Å²) >= 11 is 0. The summed E-state index contributed by atoms with van der Waals surface area (Å²) in [4.78, 5) is 23.9. The maximum atomic E-state index is 12.2. The van der Waals surface area contributed by atoms with Gasteiger partial charge in [-0.25, -0.2) is 4.79 Å². The number of Topliss-reactive ketones (excluding diaryl/α,β-unsaturated/α-hetero) is 1. The number of phenolic OH excluding ortho intramolecular Hbond substituents is 1. The molecule has 0 amide bonds. The van der Waals surface area contributed by atoms with Crippen LogP contribution in [0.5, 0.6) is 11.5 Å². The van der Waals surface area contributed by atoms with E-state index in [9.17, 15) is 14.7 Å². The Morgan fingerprint density at radius 1 is 1.19 bits per heavy atom. The minimum absolute atomic E-state index is 0.0932. The van der Waals surface area contributed by atoms with Crippen LogP contribution < -0.4 is 4.74 Å². The number of unbranched alkanes of at least 4 members (excludes halogenated alkanes) is 4. The van der Waals surface area contributed by atoms with Crippen LogP contribution in [0.15, 0.2) is 12.1 Å². The standard InChI is InChI=1S/C21H30O5/c1-3-4-6-9-16(22)10-7-5-8-11-17-12-15-13-18(25-2)14-19(23)20(15)21(24)26-17/h13-14,17,23H,3-12H2,1-2H3. The monoisotopic (exact) mass is 362 g/mol. The number of hydrogen-bond donors (Lipinski definition) is 1. The van der Waals surface area contributed by atoms with Crippen LogP contribution in [0.3, 0.4) is 0 Å². The molecule has 0 saturated carbocycles. The van der Waals surface area contributed by atoms with Crippen LogP contribution in [0, 0.1) is 0 Å². The van der Waals surface area contributed by atoms with E-state index in [4.69, 9.17) is 9.47 Å². The van der Waals surface area contributed by atoms with Gasteiger partial charge < -0.3 is 14.6 Å². The molecule has 1 aromatic carbocycles. The Hall–Kier alpha value is -2.04. The maximum absolute atomic E-state index is 12.2. The number of esters is 1. The van der Waals surface area contributed by atoms with E-state index >= 15 is 0 Å². The summed E-state index contributed by atoms with van der Waals surface area (Å²) < 4.78 is 10.6. The van der Waals surface area contributed by atoms with Crippen LogP contribution in [-0.2, 0) is 16.0 Å². The van der Waals surface area contributed by atoms with Gasteiger partial charge in [-0.15, -0.1) is 0 Å². The number of methoxy groups -OCH3 is 1. The van der Waals surface area contributed by atoms with E-state index in [1.54, 1.807) is 6.07 Å².